The van der Waals surface area contributed by atoms with Crippen LogP contribution in [-0.2, 0) is 0 Å². The van der Waals surface area contributed by atoms with Gasteiger partial charge in [-0.05, 0) is 37.4 Å². The summed E-state index contributed by atoms with van der Waals surface area (Å²) in [6.45, 7) is 3.21. The van der Waals surface area contributed by atoms with E-state index in [1.54, 1.807) is 0 Å². The van der Waals surface area contributed by atoms with Gasteiger partial charge in [0.15, 0.2) is 0 Å². The molecule has 1 atom stereocenters. The third-order valence-electron chi connectivity index (χ3n) is 3.80. The van der Waals surface area contributed by atoms with Crippen molar-refractivity contribution in [1.82, 2.24) is 10.3 Å². The zero-order valence-electron chi connectivity index (χ0n) is 10.9. The van der Waals surface area contributed by atoms with Gasteiger partial charge in [0.25, 0.3) is 0 Å². The molecule has 2 nitrogen and oxygen atoms in total. The van der Waals surface area contributed by atoms with Gasteiger partial charge in [-0.2, -0.15) is 0 Å². The predicted octanol–water partition coefficient (Wildman–Crippen LogP) is 3.70. The SMILES string of the molecule is CCNC(c1ccccn1)C1CCCCCC1. The van der Waals surface area contributed by atoms with E-state index < -0.39 is 0 Å². The van der Waals surface area contributed by atoms with Crippen LogP contribution in [0.1, 0.15) is 57.2 Å². The van der Waals surface area contributed by atoms with Gasteiger partial charge < -0.3 is 5.32 Å². The molecule has 1 heterocycles. The zero-order valence-corrected chi connectivity index (χ0v) is 10.9. The molecular formula is C15H24N2. The lowest BCUT2D eigenvalue weighted by Gasteiger charge is -2.26. The second-order valence-electron chi connectivity index (χ2n) is 5.04. The Bertz CT molecular complexity index is 302. The first-order valence-corrected chi connectivity index (χ1v) is 7.06. The predicted molar refractivity (Wildman–Crippen MR) is 71.8 cm³/mol. The third kappa shape index (κ3) is 3.53. The summed E-state index contributed by atoms with van der Waals surface area (Å²) in [6, 6.07) is 6.72. The van der Waals surface area contributed by atoms with Gasteiger partial charge in [0.1, 0.15) is 0 Å². The van der Waals surface area contributed by atoms with Crippen LogP contribution < -0.4 is 5.32 Å². The minimum atomic E-state index is 0.458. The average Bonchev–Trinajstić information content (AvgIpc) is 2.66. The normalized spacial score (nSPS) is 19.8. The molecule has 0 aromatic carbocycles. The molecule has 1 aromatic heterocycles. The largest absolute Gasteiger partial charge is 0.309 e. The van der Waals surface area contributed by atoms with Crippen molar-refractivity contribution < 1.29 is 0 Å². The molecule has 1 aliphatic rings. The molecule has 2 heteroatoms. The second kappa shape index (κ2) is 6.75. The fourth-order valence-corrected chi connectivity index (χ4v) is 2.94. The molecule has 0 radical (unpaired) electrons. The summed E-state index contributed by atoms with van der Waals surface area (Å²) in [6.07, 6.45) is 10.2. The lowest BCUT2D eigenvalue weighted by molar-refractivity contribution is 0.324. The summed E-state index contributed by atoms with van der Waals surface area (Å²) in [5, 5.41) is 3.63. The summed E-state index contributed by atoms with van der Waals surface area (Å²) < 4.78 is 0. The van der Waals surface area contributed by atoms with Crippen LogP contribution in [-0.4, -0.2) is 11.5 Å². The van der Waals surface area contributed by atoms with Gasteiger partial charge in [0.2, 0.25) is 0 Å². The van der Waals surface area contributed by atoms with E-state index in [9.17, 15) is 0 Å². The zero-order chi connectivity index (χ0) is 11.9. The van der Waals surface area contributed by atoms with E-state index in [0.717, 1.165) is 12.5 Å². The molecule has 0 spiro atoms. The van der Waals surface area contributed by atoms with Crippen LogP contribution in [0.4, 0.5) is 0 Å². The fourth-order valence-electron chi connectivity index (χ4n) is 2.94. The van der Waals surface area contributed by atoms with Crippen molar-refractivity contribution in [3.8, 4) is 0 Å². The van der Waals surface area contributed by atoms with Crippen molar-refractivity contribution in [2.24, 2.45) is 5.92 Å². The number of rotatable bonds is 4. The van der Waals surface area contributed by atoms with Crippen LogP contribution in [0.5, 0.6) is 0 Å². The van der Waals surface area contributed by atoms with E-state index in [0.29, 0.717) is 6.04 Å². The molecular weight excluding hydrogens is 208 g/mol. The van der Waals surface area contributed by atoms with Crippen molar-refractivity contribution in [2.75, 3.05) is 6.54 Å². The number of aromatic nitrogens is 1. The van der Waals surface area contributed by atoms with Gasteiger partial charge in [-0.25, -0.2) is 0 Å². The Morgan fingerprint density at radius 1 is 1.24 bits per heavy atom. The van der Waals surface area contributed by atoms with Crippen molar-refractivity contribution in [2.45, 2.75) is 51.5 Å². The maximum atomic E-state index is 4.54. The Labute approximate surface area is 105 Å². The lowest BCUT2D eigenvalue weighted by atomic mass is 9.89. The molecule has 17 heavy (non-hydrogen) atoms. The molecule has 1 N–H and O–H groups in total. The molecule has 1 fully saturated rings. The van der Waals surface area contributed by atoms with Gasteiger partial charge in [0.05, 0.1) is 11.7 Å². The number of pyridine rings is 1. The first kappa shape index (κ1) is 12.6. The number of hydrogen-bond donors (Lipinski definition) is 1. The van der Waals surface area contributed by atoms with E-state index in [4.69, 9.17) is 0 Å². The highest BCUT2D eigenvalue weighted by Crippen LogP contribution is 2.32. The monoisotopic (exact) mass is 232 g/mol. The van der Waals surface area contributed by atoms with Crippen LogP contribution in [0.25, 0.3) is 0 Å². The number of hydrogen-bond acceptors (Lipinski definition) is 2. The van der Waals surface area contributed by atoms with Gasteiger partial charge >= 0.3 is 0 Å². The average molecular weight is 232 g/mol. The molecule has 0 bridgehead atoms. The molecule has 1 unspecified atom stereocenters. The summed E-state index contributed by atoms with van der Waals surface area (Å²) in [5.41, 5.74) is 1.22. The van der Waals surface area contributed by atoms with Crippen LogP contribution in [0.15, 0.2) is 24.4 Å². The van der Waals surface area contributed by atoms with Crippen molar-refractivity contribution in [3.05, 3.63) is 30.1 Å². The minimum absolute atomic E-state index is 0.458. The lowest BCUT2D eigenvalue weighted by Crippen LogP contribution is -2.28. The molecule has 1 saturated carbocycles. The van der Waals surface area contributed by atoms with E-state index in [2.05, 4.69) is 29.4 Å². The summed E-state index contributed by atoms with van der Waals surface area (Å²) in [7, 11) is 0. The van der Waals surface area contributed by atoms with Crippen LogP contribution in [0, 0.1) is 5.92 Å². The molecule has 0 aliphatic heterocycles. The first-order valence-electron chi connectivity index (χ1n) is 7.06. The first-order chi connectivity index (χ1) is 8.42. The van der Waals surface area contributed by atoms with E-state index in [-0.39, 0.29) is 0 Å². The number of nitrogens with zero attached hydrogens (tertiary/aromatic N) is 1. The van der Waals surface area contributed by atoms with Crippen LogP contribution >= 0.6 is 0 Å². The molecule has 94 valence electrons. The van der Waals surface area contributed by atoms with Gasteiger partial charge in [-0.15, -0.1) is 0 Å². The smallest absolute Gasteiger partial charge is 0.0576 e. The Hall–Kier alpha value is -0.890. The molecule has 1 aromatic rings. The Kier molecular flexibility index (Phi) is 4.99. The Balaban J connectivity index is 2.10. The fraction of sp³-hybridized carbons (Fsp3) is 0.667. The minimum Gasteiger partial charge on any atom is -0.309 e. The highest BCUT2D eigenvalue weighted by Gasteiger charge is 2.24. The van der Waals surface area contributed by atoms with Crippen molar-refractivity contribution >= 4 is 0 Å². The second-order valence-corrected chi connectivity index (χ2v) is 5.04. The van der Waals surface area contributed by atoms with E-state index >= 15 is 0 Å². The Morgan fingerprint density at radius 2 is 2.00 bits per heavy atom. The summed E-state index contributed by atoms with van der Waals surface area (Å²) in [4.78, 5) is 4.54. The summed E-state index contributed by atoms with van der Waals surface area (Å²) in [5.74, 6) is 0.771. The van der Waals surface area contributed by atoms with E-state index in [1.165, 1.54) is 44.2 Å². The highest BCUT2D eigenvalue weighted by molar-refractivity contribution is 5.10. The molecule has 0 amide bonds. The van der Waals surface area contributed by atoms with Crippen molar-refractivity contribution in [3.63, 3.8) is 0 Å². The standard InChI is InChI=1S/C15H24N2/c1-2-16-15(14-11-7-8-12-17-14)13-9-5-3-4-6-10-13/h7-8,11-13,15-16H,2-6,9-10H2,1H3. The van der Waals surface area contributed by atoms with Crippen LogP contribution in [0.3, 0.4) is 0 Å². The summed E-state index contributed by atoms with van der Waals surface area (Å²) >= 11 is 0. The molecule has 0 saturated heterocycles. The van der Waals surface area contributed by atoms with Crippen LogP contribution in [0.2, 0.25) is 0 Å². The third-order valence-corrected chi connectivity index (χ3v) is 3.80. The maximum Gasteiger partial charge on any atom is 0.0576 e. The molecule has 1 aliphatic carbocycles. The highest BCUT2D eigenvalue weighted by atomic mass is 14.9. The topological polar surface area (TPSA) is 24.9 Å². The quantitative estimate of drug-likeness (QED) is 0.801. The molecule has 2 rings (SSSR count). The van der Waals surface area contributed by atoms with Gasteiger partial charge in [-0.1, -0.05) is 38.7 Å². The van der Waals surface area contributed by atoms with Gasteiger partial charge in [0, 0.05) is 6.20 Å². The van der Waals surface area contributed by atoms with Gasteiger partial charge in [-0.3, -0.25) is 4.98 Å². The van der Waals surface area contributed by atoms with Crippen molar-refractivity contribution in [1.29, 1.82) is 0 Å². The van der Waals surface area contributed by atoms with E-state index in [1.807, 2.05) is 12.3 Å². The Morgan fingerprint density at radius 3 is 2.59 bits per heavy atom. The number of nitrogens with one attached hydrogen (secondary N) is 1. The maximum absolute atomic E-state index is 4.54.